The van der Waals surface area contributed by atoms with Gasteiger partial charge in [0.15, 0.2) is 0 Å². The van der Waals surface area contributed by atoms with Crippen LogP contribution in [0.4, 0.5) is 0 Å². The molecular formula is C15H27N5O. The number of likely N-dealkylation sites (tertiary alicyclic amines) is 1. The van der Waals surface area contributed by atoms with Crippen molar-refractivity contribution in [2.75, 3.05) is 19.6 Å². The predicted molar refractivity (Wildman–Crippen MR) is 81.6 cm³/mol. The van der Waals surface area contributed by atoms with Gasteiger partial charge < -0.3 is 10.2 Å². The Morgan fingerprint density at radius 3 is 2.62 bits per heavy atom. The molecule has 1 aliphatic rings. The summed E-state index contributed by atoms with van der Waals surface area (Å²) in [6.07, 6.45) is 5.51. The fourth-order valence-corrected chi connectivity index (χ4v) is 2.76. The Kier molecular flexibility index (Phi) is 5.73. The average molecular weight is 293 g/mol. The largest absolute Gasteiger partial charge is 0.342 e. The van der Waals surface area contributed by atoms with E-state index in [2.05, 4.69) is 22.3 Å². The van der Waals surface area contributed by atoms with Gasteiger partial charge in [0.2, 0.25) is 5.91 Å². The van der Waals surface area contributed by atoms with Crippen molar-refractivity contribution in [1.82, 2.24) is 25.0 Å². The first-order valence-corrected chi connectivity index (χ1v) is 7.91. The van der Waals surface area contributed by atoms with E-state index in [1.165, 1.54) is 0 Å². The highest BCUT2D eigenvalue weighted by Gasteiger charge is 2.24. The molecule has 6 nitrogen and oxygen atoms in total. The third-order valence-electron chi connectivity index (χ3n) is 4.10. The second kappa shape index (κ2) is 7.54. The number of hydrogen-bond acceptors (Lipinski definition) is 4. The molecule has 0 bridgehead atoms. The molecule has 0 aliphatic carbocycles. The molecule has 0 saturated carbocycles. The standard InChI is InChI=1S/C15H27N5O/c1-12(2)15(21)19-6-4-14(5-7-19)8-17-13(3)9-20-11-16-10-18-20/h10-14,17H,4-9H2,1-3H3/t13-/m1/s1. The quantitative estimate of drug-likeness (QED) is 0.854. The van der Waals surface area contributed by atoms with Crippen LogP contribution < -0.4 is 5.32 Å². The Morgan fingerprint density at radius 1 is 1.33 bits per heavy atom. The minimum atomic E-state index is 0.113. The molecule has 118 valence electrons. The fourth-order valence-electron chi connectivity index (χ4n) is 2.76. The Bertz CT molecular complexity index is 423. The van der Waals surface area contributed by atoms with Gasteiger partial charge in [-0.1, -0.05) is 13.8 Å². The van der Waals surface area contributed by atoms with Crippen molar-refractivity contribution in [3.63, 3.8) is 0 Å². The molecule has 2 rings (SSSR count). The Morgan fingerprint density at radius 2 is 2.05 bits per heavy atom. The van der Waals surface area contributed by atoms with Gasteiger partial charge >= 0.3 is 0 Å². The zero-order chi connectivity index (χ0) is 15.2. The number of piperidine rings is 1. The van der Waals surface area contributed by atoms with E-state index >= 15 is 0 Å². The average Bonchev–Trinajstić information content (AvgIpc) is 2.97. The third-order valence-corrected chi connectivity index (χ3v) is 4.10. The second-order valence-corrected chi connectivity index (χ2v) is 6.35. The summed E-state index contributed by atoms with van der Waals surface area (Å²) in [4.78, 5) is 17.9. The number of amides is 1. The molecule has 0 spiro atoms. The molecule has 0 unspecified atom stereocenters. The highest BCUT2D eigenvalue weighted by atomic mass is 16.2. The Balaban J connectivity index is 1.65. The summed E-state index contributed by atoms with van der Waals surface area (Å²) in [6, 6.07) is 0.377. The lowest BCUT2D eigenvalue weighted by molar-refractivity contribution is -0.135. The summed E-state index contributed by atoms with van der Waals surface area (Å²) in [7, 11) is 0. The summed E-state index contributed by atoms with van der Waals surface area (Å²) >= 11 is 0. The number of nitrogens with one attached hydrogen (secondary N) is 1. The maximum absolute atomic E-state index is 11.9. The van der Waals surface area contributed by atoms with Crippen molar-refractivity contribution in [3.05, 3.63) is 12.7 Å². The van der Waals surface area contributed by atoms with Gasteiger partial charge in [0.25, 0.3) is 0 Å². The lowest BCUT2D eigenvalue weighted by Crippen LogP contribution is -2.43. The summed E-state index contributed by atoms with van der Waals surface area (Å²) in [5.74, 6) is 1.07. The van der Waals surface area contributed by atoms with Crippen LogP contribution in [-0.2, 0) is 11.3 Å². The smallest absolute Gasteiger partial charge is 0.225 e. The first-order chi connectivity index (χ1) is 10.1. The van der Waals surface area contributed by atoms with Gasteiger partial charge in [-0.15, -0.1) is 0 Å². The number of rotatable bonds is 6. The molecule has 1 fully saturated rings. The van der Waals surface area contributed by atoms with Crippen LogP contribution in [0.1, 0.15) is 33.6 Å². The lowest BCUT2D eigenvalue weighted by atomic mass is 9.95. The molecule has 1 atom stereocenters. The summed E-state index contributed by atoms with van der Waals surface area (Å²) < 4.78 is 1.85. The van der Waals surface area contributed by atoms with E-state index < -0.39 is 0 Å². The number of carbonyl (C=O) groups excluding carboxylic acids is 1. The maximum atomic E-state index is 11.9. The highest BCUT2D eigenvalue weighted by Crippen LogP contribution is 2.18. The molecule has 2 heterocycles. The molecule has 1 N–H and O–H groups in total. The number of hydrogen-bond donors (Lipinski definition) is 1. The minimum absolute atomic E-state index is 0.113. The van der Waals surface area contributed by atoms with Crippen LogP contribution in [-0.4, -0.2) is 51.2 Å². The van der Waals surface area contributed by atoms with Crippen molar-refractivity contribution in [3.8, 4) is 0 Å². The highest BCUT2D eigenvalue weighted by molar-refractivity contribution is 5.78. The van der Waals surface area contributed by atoms with Crippen LogP contribution >= 0.6 is 0 Å². The van der Waals surface area contributed by atoms with Crippen LogP contribution in [0.2, 0.25) is 0 Å². The summed E-state index contributed by atoms with van der Waals surface area (Å²) in [6.45, 7) is 9.77. The molecule has 21 heavy (non-hydrogen) atoms. The molecule has 1 amide bonds. The predicted octanol–water partition coefficient (Wildman–Crippen LogP) is 1.15. The zero-order valence-electron chi connectivity index (χ0n) is 13.3. The number of aromatic nitrogens is 3. The van der Waals surface area contributed by atoms with E-state index in [1.54, 1.807) is 12.7 Å². The lowest BCUT2D eigenvalue weighted by Gasteiger charge is -2.33. The zero-order valence-corrected chi connectivity index (χ0v) is 13.3. The Hall–Kier alpha value is -1.43. The van der Waals surface area contributed by atoms with Crippen LogP contribution in [0.25, 0.3) is 0 Å². The van der Waals surface area contributed by atoms with Crippen molar-refractivity contribution in [2.45, 2.75) is 46.2 Å². The van der Waals surface area contributed by atoms with Gasteiger partial charge in [-0.3, -0.25) is 9.48 Å². The van der Waals surface area contributed by atoms with Gasteiger partial charge in [0.05, 0.1) is 6.54 Å². The van der Waals surface area contributed by atoms with Crippen LogP contribution in [0.3, 0.4) is 0 Å². The molecule has 1 saturated heterocycles. The monoisotopic (exact) mass is 293 g/mol. The van der Waals surface area contributed by atoms with Crippen molar-refractivity contribution in [2.24, 2.45) is 11.8 Å². The topological polar surface area (TPSA) is 63.1 Å². The first kappa shape index (κ1) is 15.9. The van der Waals surface area contributed by atoms with Gasteiger partial charge in [0, 0.05) is 25.0 Å². The minimum Gasteiger partial charge on any atom is -0.342 e. The molecule has 1 aliphatic heterocycles. The van der Waals surface area contributed by atoms with E-state index in [1.807, 2.05) is 23.4 Å². The molecule has 6 heteroatoms. The maximum Gasteiger partial charge on any atom is 0.225 e. The summed E-state index contributed by atoms with van der Waals surface area (Å²) in [5.41, 5.74) is 0. The first-order valence-electron chi connectivity index (χ1n) is 7.91. The third kappa shape index (κ3) is 4.81. The van der Waals surface area contributed by atoms with E-state index in [0.29, 0.717) is 17.9 Å². The van der Waals surface area contributed by atoms with E-state index in [4.69, 9.17) is 0 Å². The van der Waals surface area contributed by atoms with Crippen molar-refractivity contribution >= 4 is 5.91 Å². The van der Waals surface area contributed by atoms with Gasteiger partial charge in [-0.2, -0.15) is 5.10 Å². The Labute approximate surface area is 126 Å². The van der Waals surface area contributed by atoms with Gasteiger partial charge in [-0.05, 0) is 32.2 Å². The van der Waals surface area contributed by atoms with E-state index in [-0.39, 0.29) is 5.92 Å². The van der Waals surface area contributed by atoms with Crippen molar-refractivity contribution < 1.29 is 4.79 Å². The molecular weight excluding hydrogens is 266 g/mol. The fraction of sp³-hybridized carbons (Fsp3) is 0.800. The normalized spacial score (nSPS) is 18.2. The van der Waals surface area contributed by atoms with Gasteiger partial charge in [0.1, 0.15) is 12.7 Å². The number of carbonyl (C=O) groups is 1. The van der Waals surface area contributed by atoms with E-state index in [9.17, 15) is 4.79 Å². The van der Waals surface area contributed by atoms with Gasteiger partial charge in [-0.25, -0.2) is 4.98 Å². The van der Waals surface area contributed by atoms with Crippen molar-refractivity contribution in [1.29, 1.82) is 0 Å². The molecule has 0 aromatic carbocycles. The molecule has 0 radical (unpaired) electrons. The second-order valence-electron chi connectivity index (χ2n) is 6.35. The van der Waals surface area contributed by atoms with Crippen LogP contribution in [0, 0.1) is 11.8 Å². The molecule has 1 aromatic rings. The molecule has 1 aromatic heterocycles. The SMILES string of the molecule is CC(C)C(=O)N1CCC(CN[C@H](C)Cn2cncn2)CC1. The summed E-state index contributed by atoms with van der Waals surface area (Å²) in [5, 5.41) is 7.68. The van der Waals surface area contributed by atoms with E-state index in [0.717, 1.165) is 39.0 Å². The van der Waals surface area contributed by atoms with Crippen LogP contribution in [0.15, 0.2) is 12.7 Å². The van der Waals surface area contributed by atoms with Crippen LogP contribution in [0.5, 0.6) is 0 Å². The number of nitrogens with zero attached hydrogens (tertiary/aromatic N) is 4.